The van der Waals surface area contributed by atoms with Gasteiger partial charge in [-0.05, 0) is 39.8 Å². The molecule has 1 amide bonds. The number of nitrogens with one attached hydrogen (secondary N) is 1. The van der Waals surface area contributed by atoms with Crippen molar-refractivity contribution in [3.05, 3.63) is 23.5 Å². The number of amides is 1. The van der Waals surface area contributed by atoms with E-state index in [0.717, 1.165) is 5.69 Å². The van der Waals surface area contributed by atoms with Crippen LogP contribution in [0.3, 0.4) is 0 Å². The van der Waals surface area contributed by atoms with Gasteiger partial charge >= 0.3 is 12.1 Å². The number of rotatable bonds is 3. The van der Waals surface area contributed by atoms with Crippen molar-refractivity contribution in [2.45, 2.75) is 39.3 Å². The molecule has 0 atom stereocenters. The number of likely N-dealkylation sites (tertiary alicyclic amines) is 1. The number of nitrogens with zero attached hydrogens (tertiary/aromatic N) is 2. The number of hydrogen-bond acceptors (Lipinski definition) is 6. The van der Waals surface area contributed by atoms with Gasteiger partial charge in [0.25, 0.3) is 0 Å². The fraction of sp³-hybridized carbons (Fsp3) is 0.562. The van der Waals surface area contributed by atoms with E-state index in [1.807, 2.05) is 27.7 Å². The van der Waals surface area contributed by atoms with Gasteiger partial charge in [-0.2, -0.15) is 0 Å². The van der Waals surface area contributed by atoms with Gasteiger partial charge in [0.1, 0.15) is 11.3 Å². The monoisotopic (exact) mass is 321 g/mol. The number of pyridine rings is 1. The standard InChI is InChI=1S/C16H23N3O4/c1-10-12(6-7-13(17-10)14(20)22-5)18-11-8-19(9-11)15(21)23-16(2,3)4/h6-7,11,18H,8-9H2,1-5H3. The fourth-order valence-electron chi connectivity index (χ4n) is 2.20. The van der Waals surface area contributed by atoms with E-state index in [0.29, 0.717) is 18.8 Å². The van der Waals surface area contributed by atoms with Gasteiger partial charge in [-0.25, -0.2) is 14.6 Å². The van der Waals surface area contributed by atoms with Crippen molar-refractivity contribution in [3.63, 3.8) is 0 Å². The molecule has 0 aromatic carbocycles. The second-order valence-electron chi connectivity index (χ2n) is 6.55. The lowest BCUT2D eigenvalue weighted by atomic mass is 10.1. The molecule has 0 bridgehead atoms. The minimum absolute atomic E-state index is 0.145. The predicted molar refractivity (Wildman–Crippen MR) is 85.5 cm³/mol. The Morgan fingerprint density at radius 3 is 2.48 bits per heavy atom. The van der Waals surface area contributed by atoms with Gasteiger partial charge in [0, 0.05) is 13.1 Å². The first-order valence-corrected chi connectivity index (χ1v) is 7.50. The highest BCUT2D eigenvalue weighted by Crippen LogP contribution is 2.20. The van der Waals surface area contributed by atoms with Crippen molar-refractivity contribution in [2.75, 3.05) is 25.5 Å². The van der Waals surface area contributed by atoms with Crippen LogP contribution in [-0.2, 0) is 9.47 Å². The van der Waals surface area contributed by atoms with Crippen molar-refractivity contribution < 1.29 is 19.1 Å². The van der Waals surface area contributed by atoms with E-state index in [1.165, 1.54) is 7.11 Å². The number of carbonyl (C=O) groups excluding carboxylic acids is 2. The Hall–Kier alpha value is -2.31. The zero-order chi connectivity index (χ0) is 17.2. The molecule has 1 aromatic heterocycles. The Morgan fingerprint density at radius 1 is 1.30 bits per heavy atom. The van der Waals surface area contributed by atoms with E-state index in [4.69, 9.17) is 4.74 Å². The van der Waals surface area contributed by atoms with Crippen LogP contribution < -0.4 is 5.32 Å². The maximum absolute atomic E-state index is 11.9. The lowest BCUT2D eigenvalue weighted by Crippen LogP contribution is -2.58. The summed E-state index contributed by atoms with van der Waals surface area (Å²) in [6.07, 6.45) is -0.300. The van der Waals surface area contributed by atoms with Gasteiger partial charge in [-0.15, -0.1) is 0 Å². The minimum atomic E-state index is -0.486. The van der Waals surface area contributed by atoms with E-state index in [9.17, 15) is 9.59 Å². The van der Waals surface area contributed by atoms with Crippen molar-refractivity contribution in [2.24, 2.45) is 0 Å². The zero-order valence-electron chi connectivity index (χ0n) is 14.2. The van der Waals surface area contributed by atoms with Crippen LogP contribution in [0.25, 0.3) is 0 Å². The third-order valence-corrected chi connectivity index (χ3v) is 3.37. The molecular formula is C16H23N3O4. The van der Waals surface area contributed by atoms with Crippen LogP contribution in [0.15, 0.2) is 12.1 Å². The number of anilines is 1. The summed E-state index contributed by atoms with van der Waals surface area (Å²) in [6.45, 7) is 8.51. The molecule has 1 saturated heterocycles. The minimum Gasteiger partial charge on any atom is -0.464 e. The Morgan fingerprint density at radius 2 is 1.96 bits per heavy atom. The van der Waals surface area contributed by atoms with E-state index < -0.39 is 11.6 Å². The lowest BCUT2D eigenvalue weighted by molar-refractivity contribution is 0.0105. The third kappa shape index (κ3) is 4.34. The highest BCUT2D eigenvalue weighted by atomic mass is 16.6. The predicted octanol–water partition coefficient (Wildman–Crippen LogP) is 2.21. The summed E-state index contributed by atoms with van der Waals surface area (Å²) in [6, 6.07) is 3.56. The summed E-state index contributed by atoms with van der Waals surface area (Å²) in [5.74, 6) is -0.459. The van der Waals surface area contributed by atoms with Crippen LogP contribution in [0.5, 0.6) is 0 Å². The maximum atomic E-state index is 11.9. The van der Waals surface area contributed by atoms with E-state index in [-0.39, 0.29) is 17.8 Å². The molecule has 1 fully saturated rings. The number of esters is 1. The summed E-state index contributed by atoms with van der Waals surface area (Å²) in [7, 11) is 1.32. The van der Waals surface area contributed by atoms with Gasteiger partial charge in [0.2, 0.25) is 0 Å². The number of carbonyl (C=O) groups is 2. The first-order valence-electron chi connectivity index (χ1n) is 7.50. The third-order valence-electron chi connectivity index (χ3n) is 3.37. The number of methoxy groups -OCH3 is 1. The molecule has 7 heteroatoms. The molecule has 2 heterocycles. The van der Waals surface area contributed by atoms with Crippen LogP contribution in [0, 0.1) is 6.92 Å². The van der Waals surface area contributed by atoms with Crippen molar-refractivity contribution >= 4 is 17.7 Å². The van der Waals surface area contributed by atoms with Crippen LogP contribution in [0.1, 0.15) is 37.0 Å². The second kappa shape index (κ2) is 6.44. The average Bonchev–Trinajstić information content (AvgIpc) is 2.40. The molecule has 0 unspecified atom stereocenters. The van der Waals surface area contributed by atoms with Crippen molar-refractivity contribution in [1.82, 2.24) is 9.88 Å². The number of aromatic nitrogens is 1. The molecule has 0 saturated carbocycles. The molecule has 126 valence electrons. The highest BCUT2D eigenvalue weighted by Gasteiger charge is 2.33. The SMILES string of the molecule is COC(=O)c1ccc(NC2CN(C(=O)OC(C)(C)C)C2)c(C)n1. The zero-order valence-corrected chi connectivity index (χ0v) is 14.2. The first-order chi connectivity index (χ1) is 10.7. The average molecular weight is 321 g/mol. The molecule has 1 aliphatic heterocycles. The number of hydrogen-bond donors (Lipinski definition) is 1. The number of aryl methyl sites for hydroxylation is 1. The smallest absolute Gasteiger partial charge is 0.410 e. The van der Waals surface area contributed by atoms with Gasteiger partial charge in [0.15, 0.2) is 0 Å². The molecule has 23 heavy (non-hydrogen) atoms. The summed E-state index contributed by atoms with van der Waals surface area (Å²) in [5.41, 5.74) is 1.34. The summed E-state index contributed by atoms with van der Waals surface area (Å²) >= 11 is 0. The molecule has 2 rings (SSSR count). The second-order valence-corrected chi connectivity index (χ2v) is 6.55. The Bertz CT molecular complexity index is 604. The Balaban J connectivity index is 1.88. The maximum Gasteiger partial charge on any atom is 0.410 e. The Labute approximate surface area is 136 Å². The highest BCUT2D eigenvalue weighted by molar-refractivity contribution is 5.87. The van der Waals surface area contributed by atoms with Crippen LogP contribution in [0.2, 0.25) is 0 Å². The van der Waals surface area contributed by atoms with Gasteiger partial charge < -0.3 is 19.7 Å². The van der Waals surface area contributed by atoms with Crippen molar-refractivity contribution in [3.8, 4) is 0 Å². The summed E-state index contributed by atoms with van der Waals surface area (Å²) < 4.78 is 9.96. The molecular weight excluding hydrogens is 298 g/mol. The lowest BCUT2D eigenvalue weighted by Gasteiger charge is -2.40. The Kier molecular flexibility index (Phi) is 4.77. The van der Waals surface area contributed by atoms with E-state index >= 15 is 0 Å². The molecule has 1 aliphatic rings. The molecule has 0 spiro atoms. The van der Waals surface area contributed by atoms with Crippen LogP contribution >= 0.6 is 0 Å². The summed E-state index contributed by atoms with van der Waals surface area (Å²) in [5, 5.41) is 3.31. The van der Waals surface area contributed by atoms with E-state index in [2.05, 4.69) is 15.0 Å². The van der Waals surface area contributed by atoms with Crippen LogP contribution in [-0.4, -0.2) is 53.8 Å². The van der Waals surface area contributed by atoms with Crippen LogP contribution in [0.4, 0.5) is 10.5 Å². The molecule has 7 nitrogen and oxygen atoms in total. The first kappa shape index (κ1) is 17.1. The van der Waals surface area contributed by atoms with E-state index in [1.54, 1.807) is 17.0 Å². The molecule has 1 aromatic rings. The normalized spacial score (nSPS) is 14.9. The number of ether oxygens (including phenoxy) is 2. The molecule has 0 aliphatic carbocycles. The van der Waals surface area contributed by atoms with Gasteiger partial charge in [0.05, 0.1) is 24.5 Å². The van der Waals surface area contributed by atoms with Gasteiger partial charge in [-0.1, -0.05) is 0 Å². The van der Waals surface area contributed by atoms with Crippen molar-refractivity contribution in [1.29, 1.82) is 0 Å². The summed E-state index contributed by atoms with van der Waals surface area (Å²) in [4.78, 5) is 29.2. The quantitative estimate of drug-likeness (QED) is 0.860. The fourth-order valence-corrected chi connectivity index (χ4v) is 2.20. The molecule has 1 N–H and O–H groups in total. The topological polar surface area (TPSA) is 80.8 Å². The largest absolute Gasteiger partial charge is 0.464 e. The van der Waals surface area contributed by atoms with Gasteiger partial charge in [-0.3, -0.25) is 0 Å². The molecule has 0 radical (unpaired) electrons.